The van der Waals surface area contributed by atoms with Gasteiger partial charge >= 0.3 is 0 Å². The van der Waals surface area contributed by atoms with Gasteiger partial charge in [-0.2, -0.15) is 5.26 Å². The SMILES string of the molecule is COc1ccc(C)cc1C(C)NCc1cc(C#N)cs1. The number of aryl methyl sites for hydroxylation is 1. The molecule has 0 aliphatic heterocycles. The summed E-state index contributed by atoms with van der Waals surface area (Å²) in [6.07, 6.45) is 0. The number of nitrogens with one attached hydrogen (secondary N) is 1. The van der Waals surface area contributed by atoms with E-state index in [0.29, 0.717) is 0 Å². The maximum absolute atomic E-state index is 8.82. The minimum absolute atomic E-state index is 0.192. The summed E-state index contributed by atoms with van der Waals surface area (Å²) in [6.45, 7) is 4.95. The van der Waals surface area contributed by atoms with E-state index in [1.165, 1.54) is 10.4 Å². The number of nitrogens with zero attached hydrogens (tertiary/aromatic N) is 1. The molecule has 0 saturated carbocycles. The molecular weight excluding hydrogens is 268 g/mol. The van der Waals surface area contributed by atoms with Crippen LogP contribution in [0.25, 0.3) is 0 Å². The van der Waals surface area contributed by atoms with Gasteiger partial charge in [0.2, 0.25) is 0 Å². The Morgan fingerprint density at radius 2 is 2.20 bits per heavy atom. The van der Waals surface area contributed by atoms with Crippen molar-refractivity contribution in [2.75, 3.05) is 7.11 Å². The first-order valence-corrected chi connectivity index (χ1v) is 7.37. The molecule has 0 amide bonds. The van der Waals surface area contributed by atoms with E-state index in [2.05, 4.69) is 31.3 Å². The summed E-state index contributed by atoms with van der Waals surface area (Å²) in [5, 5.41) is 14.2. The molecule has 2 aromatic rings. The first kappa shape index (κ1) is 14.6. The Bertz CT molecular complexity index is 628. The fraction of sp³-hybridized carbons (Fsp3) is 0.312. The van der Waals surface area contributed by atoms with Crippen LogP contribution in [0.15, 0.2) is 29.6 Å². The fourth-order valence-electron chi connectivity index (χ4n) is 2.09. The first-order valence-electron chi connectivity index (χ1n) is 6.49. The van der Waals surface area contributed by atoms with Crippen molar-refractivity contribution in [2.24, 2.45) is 0 Å². The zero-order valence-electron chi connectivity index (χ0n) is 11.9. The number of methoxy groups -OCH3 is 1. The van der Waals surface area contributed by atoms with Crippen LogP contribution in [-0.2, 0) is 6.54 Å². The van der Waals surface area contributed by atoms with Gasteiger partial charge in [-0.1, -0.05) is 17.7 Å². The Hall–Kier alpha value is -1.83. The number of thiophene rings is 1. The summed E-state index contributed by atoms with van der Waals surface area (Å²) >= 11 is 1.61. The van der Waals surface area contributed by atoms with E-state index >= 15 is 0 Å². The van der Waals surface area contributed by atoms with Gasteiger partial charge in [0, 0.05) is 28.4 Å². The van der Waals surface area contributed by atoms with Gasteiger partial charge in [-0.25, -0.2) is 0 Å². The molecule has 4 heteroatoms. The van der Waals surface area contributed by atoms with E-state index < -0.39 is 0 Å². The van der Waals surface area contributed by atoms with Crippen LogP contribution in [-0.4, -0.2) is 7.11 Å². The van der Waals surface area contributed by atoms with Crippen molar-refractivity contribution >= 4 is 11.3 Å². The second-order valence-corrected chi connectivity index (χ2v) is 5.76. The van der Waals surface area contributed by atoms with Crippen molar-refractivity contribution < 1.29 is 4.74 Å². The normalized spacial score (nSPS) is 11.9. The summed E-state index contributed by atoms with van der Waals surface area (Å²) in [6, 6.07) is 10.5. The van der Waals surface area contributed by atoms with Crippen molar-refractivity contribution in [3.63, 3.8) is 0 Å². The molecule has 1 atom stereocenters. The highest BCUT2D eigenvalue weighted by molar-refractivity contribution is 7.10. The molecule has 1 heterocycles. The van der Waals surface area contributed by atoms with Crippen molar-refractivity contribution in [3.05, 3.63) is 51.2 Å². The average molecular weight is 286 g/mol. The molecule has 1 unspecified atom stereocenters. The molecule has 0 fully saturated rings. The maximum Gasteiger partial charge on any atom is 0.123 e. The number of nitriles is 1. The van der Waals surface area contributed by atoms with E-state index in [-0.39, 0.29) is 6.04 Å². The Morgan fingerprint density at radius 1 is 1.40 bits per heavy atom. The lowest BCUT2D eigenvalue weighted by atomic mass is 10.0. The van der Waals surface area contributed by atoms with Crippen molar-refractivity contribution in [1.29, 1.82) is 5.26 Å². The molecule has 0 saturated heterocycles. The van der Waals surface area contributed by atoms with Crippen LogP contribution in [0, 0.1) is 18.3 Å². The third kappa shape index (κ3) is 3.38. The van der Waals surface area contributed by atoms with Gasteiger partial charge in [0.05, 0.1) is 12.7 Å². The van der Waals surface area contributed by atoms with Gasteiger partial charge < -0.3 is 10.1 Å². The molecule has 2 rings (SSSR count). The van der Waals surface area contributed by atoms with Crippen LogP contribution in [0.4, 0.5) is 0 Å². The Labute approximate surface area is 123 Å². The molecule has 0 aliphatic rings. The molecule has 104 valence electrons. The van der Waals surface area contributed by atoms with Crippen molar-refractivity contribution in [1.82, 2.24) is 5.32 Å². The second kappa shape index (κ2) is 6.56. The Morgan fingerprint density at radius 3 is 2.85 bits per heavy atom. The molecule has 0 bridgehead atoms. The van der Waals surface area contributed by atoms with Crippen molar-refractivity contribution in [3.8, 4) is 11.8 Å². The lowest BCUT2D eigenvalue weighted by Crippen LogP contribution is -2.18. The monoisotopic (exact) mass is 286 g/mol. The summed E-state index contributed by atoms with van der Waals surface area (Å²) in [5.74, 6) is 0.902. The van der Waals surface area contributed by atoms with Crippen LogP contribution in [0.1, 0.15) is 34.5 Å². The zero-order valence-corrected chi connectivity index (χ0v) is 12.8. The minimum Gasteiger partial charge on any atom is -0.496 e. The number of hydrogen-bond acceptors (Lipinski definition) is 4. The molecule has 1 aromatic carbocycles. The van der Waals surface area contributed by atoms with Gasteiger partial charge in [-0.3, -0.25) is 0 Å². The third-order valence-corrected chi connectivity index (χ3v) is 4.15. The molecule has 0 radical (unpaired) electrons. The first-order chi connectivity index (χ1) is 9.63. The maximum atomic E-state index is 8.82. The molecule has 0 spiro atoms. The topological polar surface area (TPSA) is 45.0 Å². The Kier molecular flexibility index (Phi) is 4.78. The van der Waals surface area contributed by atoms with Crippen molar-refractivity contribution in [2.45, 2.75) is 26.4 Å². The zero-order chi connectivity index (χ0) is 14.5. The van der Waals surface area contributed by atoms with E-state index in [1.807, 2.05) is 23.6 Å². The minimum atomic E-state index is 0.192. The standard InChI is InChI=1S/C16H18N2OS/c1-11-4-5-16(19-3)15(6-11)12(2)18-9-14-7-13(8-17)10-20-14/h4-7,10,12,18H,9H2,1-3H3. The Balaban J connectivity index is 2.06. The highest BCUT2D eigenvalue weighted by Gasteiger charge is 2.11. The predicted octanol–water partition coefficient (Wildman–Crippen LogP) is 3.79. The third-order valence-electron chi connectivity index (χ3n) is 3.22. The number of hydrogen-bond donors (Lipinski definition) is 1. The average Bonchev–Trinajstić information content (AvgIpc) is 2.92. The largest absolute Gasteiger partial charge is 0.496 e. The second-order valence-electron chi connectivity index (χ2n) is 4.76. The molecular formula is C16H18N2OS. The molecule has 3 nitrogen and oxygen atoms in total. The van der Waals surface area contributed by atoms with Crippen LogP contribution in [0.5, 0.6) is 5.75 Å². The van der Waals surface area contributed by atoms with Crippen LogP contribution in [0.3, 0.4) is 0 Å². The summed E-state index contributed by atoms with van der Waals surface area (Å²) in [5.41, 5.74) is 3.11. The van der Waals surface area contributed by atoms with Gasteiger partial charge in [-0.05, 0) is 26.0 Å². The van der Waals surface area contributed by atoms with Crippen LogP contribution >= 0.6 is 11.3 Å². The van der Waals surface area contributed by atoms with E-state index in [4.69, 9.17) is 10.00 Å². The quantitative estimate of drug-likeness (QED) is 0.909. The molecule has 20 heavy (non-hydrogen) atoms. The van der Waals surface area contributed by atoms with Gasteiger partial charge in [0.1, 0.15) is 11.8 Å². The summed E-state index contributed by atoms with van der Waals surface area (Å²) < 4.78 is 5.41. The lowest BCUT2D eigenvalue weighted by molar-refractivity contribution is 0.401. The van der Waals surface area contributed by atoms with Crippen LogP contribution < -0.4 is 10.1 Å². The molecule has 1 N–H and O–H groups in total. The highest BCUT2D eigenvalue weighted by atomic mass is 32.1. The highest BCUT2D eigenvalue weighted by Crippen LogP contribution is 2.26. The summed E-state index contributed by atoms with van der Waals surface area (Å²) in [7, 11) is 1.69. The fourth-order valence-corrected chi connectivity index (χ4v) is 2.85. The van der Waals surface area contributed by atoms with Gasteiger partial charge in [-0.15, -0.1) is 11.3 Å². The predicted molar refractivity (Wildman–Crippen MR) is 82.0 cm³/mol. The van der Waals surface area contributed by atoms with E-state index in [1.54, 1.807) is 18.4 Å². The molecule has 0 aliphatic carbocycles. The number of rotatable bonds is 5. The van der Waals surface area contributed by atoms with E-state index in [9.17, 15) is 0 Å². The summed E-state index contributed by atoms with van der Waals surface area (Å²) in [4.78, 5) is 1.17. The number of benzene rings is 1. The number of ether oxygens (including phenoxy) is 1. The van der Waals surface area contributed by atoms with Gasteiger partial charge in [0.25, 0.3) is 0 Å². The van der Waals surface area contributed by atoms with E-state index in [0.717, 1.165) is 23.4 Å². The van der Waals surface area contributed by atoms with Crippen LogP contribution in [0.2, 0.25) is 0 Å². The smallest absolute Gasteiger partial charge is 0.123 e. The molecule has 1 aromatic heterocycles. The lowest BCUT2D eigenvalue weighted by Gasteiger charge is -2.17. The van der Waals surface area contributed by atoms with Gasteiger partial charge in [0.15, 0.2) is 0 Å².